The highest BCUT2D eigenvalue weighted by atomic mass is 32.1. The van der Waals surface area contributed by atoms with Gasteiger partial charge in [-0.2, -0.15) is 0 Å². The Bertz CT molecular complexity index is 510. The lowest BCUT2D eigenvalue weighted by Crippen LogP contribution is -2.03. The molecule has 0 spiro atoms. The van der Waals surface area contributed by atoms with Gasteiger partial charge in [0, 0.05) is 17.5 Å². The lowest BCUT2D eigenvalue weighted by atomic mass is 10.1. The van der Waals surface area contributed by atoms with E-state index in [1.807, 2.05) is 30.5 Å². The number of pyridine rings is 1. The smallest absolute Gasteiger partial charge is 0.304 e. The predicted octanol–water partition coefficient (Wildman–Crippen LogP) is 2.78. The summed E-state index contributed by atoms with van der Waals surface area (Å²) in [6.07, 6.45) is 1.82. The minimum absolute atomic E-state index is 0.0683. The van der Waals surface area contributed by atoms with Gasteiger partial charge in [-0.1, -0.05) is 13.0 Å². The van der Waals surface area contributed by atoms with Crippen LogP contribution in [-0.4, -0.2) is 21.0 Å². The van der Waals surface area contributed by atoms with Crippen molar-refractivity contribution in [2.45, 2.75) is 19.3 Å². The van der Waals surface area contributed by atoms with E-state index in [-0.39, 0.29) is 12.3 Å². The molecule has 2 aromatic rings. The second-order valence-electron chi connectivity index (χ2n) is 3.79. The first-order valence-corrected chi connectivity index (χ1v) is 6.13. The highest BCUT2D eigenvalue weighted by Crippen LogP contribution is 2.26. The van der Waals surface area contributed by atoms with Crippen molar-refractivity contribution in [2.24, 2.45) is 0 Å². The number of carboxylic acid groups (broad SMARTS) is 1. The van der Waals surface area contributed by atoms with Crippen LogP contribution in [0.25, 0.3) is 10.7 Å². The van der Waals surface area contributed by atoms with Gasteiger partial charge in [-0.15, -0.1) is 11.3 Å². The van der Waals surface area contributed by atoms with Crippen molar-refractivity contribution >= 4 is 17.3 Å². The van der Waals surface area contributed by atoms with Crippen LogP contribution in [0.1, 0.15) is 25.0 Å². The summed E-state index contributed by atoms with van der Waals surface area (Å²) >= 11 is 1.49. The molecule has 0 bridgehead atoms. The Kier molecular flexibility index (Phi) is 3.49. The topological polar surface area (TPSA) is 63.1 Å². The van der Waals surface area contributed by atoms with Gasteiger partial charge in [-0.3, -0.25) is 9.78 Å². The first kappa shape index (κ1) is 11.7. The van der Waals surface area contributed by atoms with Crippen LogP contribution < -0.4 is 0 Å². The maximum atomic E-state index is 10.6. The molecule has 5 heteroatoms. The second-order valence-corrected chi connectivity index (χ2v) is 4.65. The number of rotatable bonds is 4. The van der Waals surface area contributed by atoms with Crippen LogP contribution in [0.15, 0.2) is 29.8 Å². The molecule has 0 fully saturated rings. The van der Waals surface area contributed by atoms with E-state index < -0.39 is 5.97 Å². The van der Waals surface area contributed by atoms with Crippen LogP contribution in [0.3, 0.4) is 0 Å². The SMILES string of the molecule is CC(CC(=O)O)c1csc(-c2ccccn2)n1. The number of hydrogen-bond acceptors (Lipinski definition) is 4. The largest absolute Gasteiger partial charge is 0.481 e. The maximum absolute atomic E-state index is 10.6. The molecule has 17 heavy (non-hydrogen) atoms. The molecule has 1 unspecified atom stereocenters. The maximum Gasteiger partial charge on any atom is 0.304 e. The van der Waals surface area contributed by atoms with Crippen molar-refractivity contribution in [3.05, 3.63) is 35.5 Å². The zero-order valence-electron chi connectivity index (χ0n) is 9.33. The number of aliphatic carboxylic acids is 1. The molecular weight excluding hydrogens is 236 g/mol. The fourth-order valence-corrected chi connectivity index (χ4v) is 2.40. The molecule has 4 nitrogen and oxygen atoms in total. The molecule has 2 heterocycles. The predicted molar refractivity (Wildman–Crippen MR) is 66.0 cm³/mol. The molecule has 0 saturated carbocycles. The summed E-state index contributed by atoms with van der Waals surface area (Å²) in [4.78, 5) is 19.3. The number of hydrogen-bond donors (Lipinski definition) is 1. The van der Waals surface area contributed by atoms with Gasteiger partial charge >= 0.3 is 5.97 Å². The molecule has 1 atom stereocenters. The lowest BCUT2D eigenvalue weighted by molar-refractivity contribution is -0.137. The average molecular weight is 248 g/mol. The highest BCUT2D eigenvalue weighted by Gasteiger charge is 2.14. The van der Waals surface area contributed by atoms with Crippen molar-refractivity contribution in [3.63, 3.8) is 0 Å². The van der Waals surface area contributed by atoms with Gasteiger partial charge in [0.15, 0.2) is 0 Å². The van der Waals surface area contributed by atoms with Crippen LogP contribution >= 0.6 is 11.3 Å². The first-order chi connectivity index (χ1) is 8.16. The van der Waals surface area contributed by atoms with Gasteiger partial charge in [0.05, 0.1) is 17.8 Å². The fourth-order valence-electron chi connectivity index (χ4n) is 1.49. The van der Waals surface area contributed by atoms with Gasteiger partial charge in [0.25, 0.3) is 0 Å². The normalized spacial score (nSPS) is 12.3. The van der Waals surface area contributed by atoms with Crippen LogP contribution in [0.4, 0.5) is 0 Å². The first-order valence-electron chi connectivity index (χ1n) is 5.25. The minimum atomic E-state index is -0.801. The van der Waals surface area contributed by atoms with Gasteiger partial charge in [0.1, 0.15) is 5.01 Å². The third-order valence-electron chi connectivity index (χ3n) is 2.39. The third kappa shape index (κ3) is 2.88. The average Bonchev–Trinajstić information content (AvgIpc) is 2.78. The van der Waals surface area contributed by atoms with E-state index in [1.165, 1.54) is 11.3 Å². The van der Waals surface area contributed by atoms with E-state index in [4.69, 9.17) is 5.11 Å². The monoisotopic (exact) mass is 248 g/mol. The third-order valence-corrected chi connectivity index (χ3v) is 3.27. The number of carboxylic acids is 1. The van der Waals surface area contributed by atoms with Gasteiger partial charge in [-0.05, 0) is 12.1 Å². The van der Waals surface area contributed by atoms with Crippen molar-refractivity contribution < 1.29 is 9.90 Å². The summed E-state index contributed by atoms with van der Waals surface area (Å²) < 4.78 is 0. The van der Waals surface area contributed by atoms with Gasteiger partial charge in [-0.25, -0.2) is 4.98 Å². The standard InChI is InChI=1S/C12H12N2O2S/c1-8(6-11(15)16)10-7-17-12(14-10)9-4-2-3-5-13-9/h2-5,7-8H,6H2,1H3,(H,15,16). The zero-order chi connectivity index (χ0) is 12.3. The van der Waals surface area contributed by atoms with Crippen molar-refractivity contribution in [1.29, 1.82) is 0 Å². The summed E-state index contributed by atoms with van der Waals surface area (Å²) in [5, 5.41) is 11.5. The molecule has 0 amide bonds. The zero-order valence-corrected chi connectivity index (χ0v) is 10.1. The van der Waals surface area contributed by atoms with E-state index in [0.717, 1.165) is 16.4 Å². The Morgan fingerprint density at radius 2 is 2.35 bits per heavy atom. The van der Waals surface area contributed by atoms with Crippen molar-refractivity contribution in [3.8, 4) is 10.7 Å². The molecular formula is C12H12N2O2S. The van der Waals surface area contributed by atoms with E-state index in [0.29, 0.717) is 0 Å². The number of carbonyl (C=O) groups is 1. The number of aromatic nitrogens is 2. The molecule has 0 aliphatic heterocycles. The molecule has 1 N–H and O–H groups in total. The Labute approximate surface area is 103 Å². The van der Waals surface area contributed by atoms with E-state index in [9.17, 15) is 4.79 Å². The van der Waals surface area contributed by atoms with E-state index in [2.05, 4.69) is 9.97 Å². The molecule has 2 rings (SSSR count). The molecule has 88 valence electrons. The number of nitrogens with zero attached hydrogens (tertiary/aromatic N) is 2. The summed E-state index contributed by atoms with van der Waals surface area (Å²) in [5.41, 5.74) is 1.64. The van der Waals surface area contributed by atoms with Crippen LogP contribution in [-0.2, 0) is 4.79 Å². The Hall–Kier alpha value is -1.75. The molecule has 2 aromatic heterocycles. The van der Waals surface area contributed by atoms with E-state index >= 15 is 0 Å². The summed E-state index contributed by atoms with van der Waals surface area (Å²) in [7, 11) is 0. The Morgan fingerprint density at radius 3 is 3.00 bits per heavy atom. The fraction of sp³-hybridized carbons (Fsp3) is 0.250. The van der Waals surface area contributed by atoms with Crippen molar-refractivity contribution in [2.75, 3.05) is 0 Å². The Morgan fingerprint density at radius 1 is 1.53 bits per heavy atom. The molecule has 0 saturated heterocycles. The minimum Gasteiger partial charge on any atom is -0.481 e. The second kappa shape index (κ2) is 5.05. The highest BCUT2D eigenvalue weighted by molar-refractivity contribution is 7.13. The van der Waals surface area contributed by atoms with E-state index in [1.54, 1.807) is 6.20 Å². The van der Waals surface area contributed by atoms with Crippen LogP contribution in [0.2, 0.25) is 0 Å². The van der Waals surface area contributed by atoms with Gasteiger partial charge in [0.2, 0.25) is 0 Å². The van der Waals surface area contributed by atoms with Crippen molar-refractivity contribution in [1.82, 2.24) is 9.97 Å². The molecule has 0 aliphatic rings. The summed E-state index contributed by atoms with van der Waals surface area (Å²) in [6, 6.07) is 5.65. The number of thiazole rings is 1. The molecule has 0 aliphatic carbocycles. The Balaban J connectivity index is 2.19. The quantitative estimate of drug-likeness (QED) is 0.903. The van der Waals surface area contributed by atoms with Crippen LogP contribution in [0, 0.1) is 0 Å². The molecule has 0 aromatic carbocycles. The molecule has 0 radical (unpaired) electrons. The lowest BCUT2D eigenvalue weighted by Gasteiger charge is -2.03. The van der Waals surface area contributed by atoms with Gasteiger partial charge < -0.3 is 5.11 Å². The summed E-state index contributed by atoms with van der Waals surface area (Å²) in [6.45, 7) is 1.87. The summed E-state index contributed by atoms with van der Waals surface area (Å²) in [5.74, 6) is -0.869. The van der Waals surface area contributed by atoms with Crippen LogP contribution in [0.5, 0.6) is 0 Å².